The zero-order valence-electron chi connectivity index (χ0n) is 12.3. The molecular formula is C16H23N3O. The van der Waals surface area contributed by atoms with Gasteiger partial charge in [0, 0.05) is 12.0 Å². The van der Waals surface area contributed by atoms with E-state index in [-0.39, 0.29) is 0 Å². The topological polar surface area (TPSA) is 64.9 Å². The fourth-order valence-corrected chi connectivity index (χ4v) is 2.37. The summed E-state index contributed by atoms with van der Waals surface area (Å²) in [7, 11) is 0. The molecule has 1 aromatic heterocycles. The molecule has 20 heavy (non-hydrogen) atoms. The molecule has 1 aromatic carbocycles. The Balaban J connectivity index is 1.99. The van der Waals surface area contributed by atoms with Gasteiger partial charge in [-0.05, 0) is 38.3 Å². The maximum absolute atomic E-state index is 5.62. The van der Waals surface area contributed by atoms with Crippen LogP contribution in [0.2, 0.25) is 0 Å². The summed E-state index contributed by atoms with van der Waals surface area (Å²) in [5.74, 6) is 2.04. The molecule has 0 fully saturated rings. The van der Waals surface area contributed by atoms with Gasteiger partial charge in [0.2, 0.25) is 11.7 Å². The largest absolute Gasteiger partial charge is 0.339 e. The van der Waals surface area contributed by atoms with Crippen molar-refractivity contribution in [1.29, 1.82) is 0 Å². The molecule has 1 unspecified atom stereocenters. The van der Waals surface area contributed by atoms with Gasteiger partial charge in [-0.2, -0.15) is 4.98 Å². The third-order valence-electron chi connectivity index (χ3n) is 3.66. The van der Waals surface area contributed by atoms with Gasteiger partial charge in [-0.1, -0.05) is 42.3 Å². The molecule has 0 saturated heterocycles. The molecular weight excluding hydrogens is 250 g/mol. The Morgan fingerprint density at radius 1 is 1.30 bits per heavy atom. The van der Waals surface area contributed by atoms with Crippen molar-refractivity contribution in [3.05, 3.63) is 35.7 Å². The summed E-state index contributed by atoms with van der Waals surface area (Å²) < 4.78 is 5.34. The van der Waals surface area contributed by atoms with Gasteiger partial charge in [0.1, 0.15) is 0 Å². The third-order valence-corrected chi connectivity index (χ3v) is 3.66. The second-order valence-corrected chi connectivity index (χ2v) is 5.27. The van der Waals surface area contributed by atoms with Gasteiger partial charge in [-0.15, -0.1) is 0 Å². The van der Waals surface area contributed by atoms with Crippen LogP contribution in [0.5, 0.6) is 0 Å². The van der Waals surface area contributed by atoms with Crippen molar-refractivity contribution in [2.45, 2.75) is 39.5 Å². The predicted molar refractivity (Wildman–Crippen MR) is 80.2 cm³/mol. The number of hydrogen-bond acceptors (Lipinski definition) is 4. The van der Waals surface area contributed by atoms with Crippen LogP contribution in [0.25, 0.3) is 11.4 Å². The Kier molecular flexibility index (Phi) is 5.30. The van der Waals surface area contributed by atoms with Crippen LogP contribution < -0.4 is 5.73 Å². The molecule has 0 radical (unpaired) electrons. The molecule has 2 N–H and O–H groups in total. The van der Waals surface area contributed by atoms with E-state index in [0.717, 1.165) is 43.7 Å². The van der Waals surface area contributed by atoms with Gasteiger partial charge in [-0.25, -0.2) is 0 Å². The lowest BCUT2D eigenvalue weighted by Crippen LogP contribution is -2.09. The van der Waals surface area contributed by atoms with E-state index in [4.69, 9.17) is 10.3 Å². The third kappa shape index (κ3) is 3.90. The molecule has 2 aromatic rings. The second kappa shape index (κ2) is 7.20. The molecule has 0 aliphatic carbocycles. The van der Waals surface area contributed by atoms with E-state index in [2.05, 4.69) is 36.1 Å². The smallest absolute Gasteiger partial charge is 0.226 e. The average molecular weight is 273 g/mol. The van der Waals surface area contributed by atoms with Crippen LogP contribution in [0, 0.1) is 12.8 Å². The van der Waals surface area contributed by atoms with Crippen LogP contribution in [-0.4, -0.2) is 16.7 Å². The second-order valence-electron chi connectivity index (χ2n) is 5.27. The minimum Gasteiger partial charge on any atom is -0.339 e. The van der Waals surface area contributed by atoms with Crippen LogP contribution in [-0.2, 0) is 6.42 Å². The van der Waals surface area contributed by atoms with Crippen LogP contribution >= 0.6 is 0 Å². The average Bonchev–Trinajstić information content (AvgIpc) is 2.92. The van der Waals surface area contributed by atoms with E-state index < -0.39 is 0 Å². The van der Waals surface area contributed by atoms with E-state index in [9.17, 15) is 0 Å². The minimum atomic E-state index is 0.648. The molecule has 0 amide bonds. The van der Waals surface area contributed by atoms with Crippen molar-refractivity contribution >= 4 is 0 Å². The summed E-state index contributed by atoms with van der Waals surface area (Å²) in [5, 5.41) is 4.07. The number of nitrogens with two attached hydrogens (primary N) is 1. The lowest BCUT2D eigenvalue weighted by atomic mass is 9.97. The molecule has 0 bridgehead atoms. The lowest BCUT2D eigenvalue weighted by Gasteiger charge is -2.11. The fraction of sp³-hybridized carbons (Fsp3) is 0.500. The molecule has 0 aliphatic rings. The van der Waals surface area contributed by atoms with Crippen molar-refractivity contribution in [3.63, 3.8) is 0 Å². The van der Waals surface area contributed by atoms with Crippen molar-refractivity contribution in [2.24, 2.45) is 11.7 Å². The molecule has 1 heterocycles. The van der Waals surface area contributed by atoms with Gasteiger partial charge < -0.3 is 10.3 Å². The van der Waals surface area contributed by atoms with Crippen LogP contribution in [0.1, 0.15) is 37.6 Å². The first-order chi connectivity index (χ1) is 9.72. The molecule has 4 nitrogen and oxygen atoms in total. The normalized spacial score (nSPS) is 12.6. The molecule has 0 aliphatic heterocycles. The zero-order chi connectivity index (χ0) is 14.4. The first-order valence-electron chi connectivity index (χ1n) is 7.32. The highest BCUT2D eigenvalue weighted by molar-refractivity contribution is 5.55. The Bertz CT molecular complexity index is 536. The summed E-state index contributed by atoms with van der Waals surface area (Å²) in [4.78, 5) is 4.48. The summed E-state index contributed by atoms with van der Waals surface area (Å²) in [6.45, 7) is 5.01. The monoisotopic (exact) mass is 273 g/mol. The van der Waals surface area contributed by atoms with E-state index >= 15 is 0 Å². The standard InChI is InChI=1S/C16H23N3O/c1-3-13(9-10-17)7-8-15-18-16(19-20-15)14-6-4-5-12(2)11-14/h4-6,11,13H,3,7-10,17H2,1-2H3. The minimum absolute atomic E-state index is 0.648. The van der Waals surface area contributed by atoms with Gasteiger partial charge >= 0.3 is 0 Å². The fourth-order valence-electron chi connectivity index (χ4n) is 2.37. The van der Waals surface area contributed by atoms with Gasteiger partial charge in [0.15, 0.2) is 0 Å². The number of rotatable bonds is 7. The Labute approximate surface area is 120 Å². The van der Waals surface area contributed by atoms with Gasteiger partial charge in [0.05, 0.1) is 0 Å². The summed E-state index contributed by atoms with van der Waals surface area (Å²) in [6.07, 6.45) is 4.10. The number of aryl methyl sites for hydroxylation is 2. The quantitative estimate of drug-likeness (QED) is 0.840. The molecule has 2 rings (SSSR count). The van der Waals surface area contributed by atoms with E-state index in [0.29, 0.717) is 11.7 Å². The van der Waals surface area contributed by atoms with E-state index in [1.54, 1.807) is 0 Å². The van der Waals surface area contributed by atoms with E-state index in [1.807, 2.05) is 12.1 Å². The Hall–Kier alpha value is -1.68. The Morgan fingerprint density at radius 2 is 2.15 bits per heavy atom. The highest BCUT2D eigenvalue weighted by atomic mass is 16.5. The summed E-state index contributed by atoms with van der Waals surface area (Å²) in [5.41, 5.74) is 7.82. The maximum atomic E-state index is 5.62. The van der Waals surface area contributed by atoms with Crippen molar-refractivity contribution in [3.8, 4) is 11.4 Å². The van der Waals surface area contributed by atoms with Crippen LogP contribution in [0.4, 0.5) is 0 Å². The van der Waals surface area contributed by atoms with Crippen molar-refractivity contribution in [2.75, 3.05) is 6.54 Å². The molecule has 0 saturated carbocycles. The van der Waals surface area contributed by atoms with Gasteiger partial charge in [-0.3, -0.25) is 0 Å². The molecule has 4 heteroatoms. The van der Waals surface area contributed by atoms with Crippen molar-refractivity contribution < 1.29 is 4.52 Å². The number of benzene rings is 1. The Morgan fingerprint density at radius 3 is 2.85 bits per heavy atom. The number of aromatic nitrogens is 2. The van der Waals surface area contributed by atoms with Crippen molar-refractivity contribution in [1.82, 2.24) is 10.1 Å². The first kappa shape index (κ1) is 14.7. The first-order valence-corrected chi connectivity index (χ1v) is 7.32. The lowest BCUT2D eigenvalue weighted by molar-refractivity contribution is 0.354. The predicted octanol–water partition coefficient (Wildman–Crippen LogP) is 3.35. The molecule has 0 spiro atoms. The highest BCUT2D eigenvalue weighted by Gasteiger charge is 2.11. The maximum Gasteiger partial charge on any atom is 0.226 e. The van der Waals surface area contributed by atoms with E-state index in [1.165, 1.54) is 5.56 Å². The number of nitrogens with zero attached hydrogens (tertiary/aromatic N) is 2. The summed E-state index contributed by atoms with van der Waals surface area (Å²) >= 11 is 0. The van der Waals surface area contributed by atoms with Gasteiger partial charge in [0.25, 0.3) is 0 Å². The van der Waals surface area contributed by atoms with Crippen LogP contribution in [0.3, 0.4) is 0 Å². The number of hydrogen-bond donors (Lipinski definition) is 1. The highest BCUT2D eigenvalue weighted by Crippen LogP contribution is 2.19. The molecule has 1 atom stereocenters. The summed E-state index contributed by atoms with van der Waals surface area (Å²) in [6, 6.07) is 8.14. The SMILES string of the molecule is CCC(CCN)CCc1nc(-c2cccc(C)c2)no1. The van der Waals surface area contributed by atoms with Crippen LogP contribution in [0.15, 0.2) is 28.8 Å². The molecule has 108 valence electrons. The zero-order valence-corrected chi connectivity index (χ0v) is 12.3.